The molecule has 2 aromatic rings. The van der Waals surface area contributed by atoms with Crippen LogP contribution < -0.4 is 14.8 Å². The molecule has 1 N–H and O–H groups in total. The van der Waals surface area contributed by atoms with E-state index in [4.69, 9.17) is 9.47 Å². The highest BCUT2D eigenvalue weighted by molar-refractivity contribution is 5.47. The van der Waals surface area contributed by atoms with Crippen LogP contribution in [-0.2, 0) is 13.2 Å². The third-order valence-corrected chi connectivity index (χ3v) is 7.87. The van der Waals surface area contributed by atoms with Crippen LogP contribution in [0.2, 0.25) is 0 Å². The molecule has 4 aliphatic rings. The van der Waals surface area contributed by atoms with Crippen molar-refractivity contribution in [2.45, 2.75) is 78.0 Å². The summed E-state index contributed by atoms with van der Waals surface area (Å²) >= 11 is 0. The zero-order valence-corrected chi connectivity index (χ0v) is 19.4. The van der Waals surface area contributed by atoms with Crippen molar-refractivity contribution >= 4 is 0 Å². The number of hydrogen-bond donors (Lipinski definition) is 1. The SMILES string of the molecule is CCOc1cccc(CNC23CC4CC(C)(CC(C)(C4)C2)C3)c1OCc1ccccc1. The topological polar surface area (TPSA) is 30.5 Å². The lowest BCUT2D eigenvalue weighted by atomic mass is 9.43. The second kappa shape index (κ2) is 7.85. The largest absolute Gasteiger partial charge is 0.490 e. The Morgan fingerprint density at radius 2 is 1.61 bits per heavy atom. The van der Waals surface area contributed by atoms with Crippen LogP contribution in [-0.4, -0.2) is 12.1 Å². The molecule has 0 radical (unpaired) electrons. The van der Waals surface area contributed by atoms with E-state index in [0.29, 0.717) is 24.0 Å². The van der Waals surface area contributed by atoms with Crippen molar-refractivity contribution in [3.05, 3.63) is 59.7 Å². The fourth-order valence-electron chi connectivity index (χ4n) is 7.79. The average Bonchev–Trinajstić information content (AvgIpc) is 2.70. The summed E-state index contributed by atoms with van der Waals surface area (Å²) in [4.78, 5) is 0. The quantitative estimate of drug-likeness (QED) is 0.529. The van der Waals surface area contributed by atoms with Crippen molar-refractivity contribution in [3.63, 3.8) is 0 Å². The molecule has 2 atom stereocenters. The van der Waals surface area contributed by atoms with E-state index >= 15 is 0 Å². The van der Waals surface area contributed by atoms with Gasteiger partial charge in [-0.1, -0.05) is 56.3 Å². The van der Waals surface area contributed by atoms with Crippen molar-refractivity contribution < 1.29 is 9.47 Å². The number of ether oxygens (including phenoxy) is 2. The Morgan fingerprint density at radius 3 is 2.29 bits per heavy atom. The zero-order chi connectivity index (χ0) is 21.5. The van der Waals surface area contributed by atoms with Crippen LogP contribution in [0.1, 0.15) is 70.4 Å². The Morgan fingerprint density at radius 1 is 0.871 bits per heavy atom. The molecule has 0 heterocycles. The third kappa shape index (κ3) is 4.22. The van der Waals surface area contributed by atoms with E-state index in [0.717, 1.165) is 24.0 Å². The summed E-state index contributed by atoms with van der Waals surface area (Å²) in [5.74, 6) is 2.63. The molecule has 0 aromatic heterocycles. The Balaban J connectivity index is 1.36. The first kappa shape index (κ1) is 20.9. The molecule has 0 amide bonds. The summed E-state index contributed by atoms with van der Waals surface area (Å²) in [6, 6.07) is 16.7. The molecule has 4 fully saturated rings. The Hall–Kier alpha value is -2.00. The van der Waals surface area contributed by atoms with Gasteiger partial charge in [-0.25, -0.2) is 0 Å². The van der Waals surface area contributed by atoms with E-state index in [1.807, 2.05) is 19.1 Å². The maximum Gasteiger partial charge on any atom is 0.166 e. The minimum Gasteiger partial charge on any atom is -0.490 e. The summed E-state index contributed by atoms with van der Waals surface area (Å²) in [5.41, 5.74) is 3.69. The molecule has 3 nitrogen and oxygen atoms in total. The van der Waals surface area contributed by atoms with Gasteiger partial charge in [-0.15, -0.1) is 0 Å². The second-order valence-electron chi connectivity index (χ2n) is 11.2. The van der Waals surface area contributed by atoms with Gasteiger partial charge in [0.1, 0.15) is 6.61 Å². The van der Waals surface area contributed by atoms with Crippen LogP contribution in [0.4, 0.5) is 0 Å². The Kier molecular flexibility index (Phi) is 5.29. The first-order chi connectivity index (χ1) is 14.9. The number of para-hydroxylation sites is 1. The highest BCUT2D eigenvalue weighted by Gasteiger charge is 2.59. The molecule has 4 aliphatic carbocycles. The van der Waals surface area contributed by atoms with E-state index in [2.05, 4.69) is 55.6 Å². The molecule has 4 bridgehead atoms. The van der Waals surface area contributed by atoms with Gasteiger partial charge >= 0.3 is 0 Å². The normalized spacial score (nSPS) is 33.5. The first-order valence-corrected chi connectivity index (χ1v) is 12.1. The van der Waals surface area contributed by atoms with Gasteiger partial charge in [-0.3, -0.25) is 0 Å². The second-order valence-corrected chi connectivity index (χ2v) is 11.2. The number of benzene rings is 2. The maximum absolute atomic E-state index is 6.35. The van der Waals surface area contributed by atoms with Gasteiger partial charge in [-0.05, 0) is 73.8 Å². The average molecular weight is 420 g/mol. The number of hydrogen-bond acceptors (Lipinski definition) is 3. The van der Waals surface area contributed by atoms with Crippen molar-refractivity contribution in [1.82, 2.24) is 5.32 Å². The van der Waals surface area contributed by atoms with Crippen LogP contribution in [0.3, 0.4) is 0 Å². The molecule has 2 unspecified atom stereocenters. The molecule has 4 saturated carbocycles. The van der Waals surface area contributed by atoms with E-state index < -0.39 is 0 Å². The molecule has 31 heavy (non-hydrogen) atoms. The van der Waals surface area contributed by atoms with Gasteiger partial charge in [0, 0.05) is 17.6 Å². The Labute approximate surface area is 187 Å². The van der Waals surface area contributed by atoms with E-state index in [1.165, 1.54) is 49.7 Å². The van der Waals surface area contributed by atoms with Crippen molar-refractivity contribution in [3.8, 4) is 11.5 Å². The lowest BCUT2D eigenvalue weighted by Crippen LogP contribution is -2.63. The summed E-state index contributed by atoms with van der Waals surface area (Å²) in [6.07, 6.45) is 8.23. The van der Waals surface area contributed by atoms with Crippen LogP contribution >= 0.6 is 0 Å². The molecule has 166 valence electrons. The van der Waals surface area contributed by atoms with E-state index in [1.54, 1.807) is 0 Å². The minimum atomic E-state index is 0.279. The number of nitrogens with one attached hydrogen (secondary N) is 1. The fourth-order valence-corrected chi connectivity index (χ4v) is 7.79. The maximum atomic E-state index is 6.35. The van der Waals surface area contributed by atoms with Crippen molar-refractivity contribution in [1.29, 1.82) is 0 Å². The van der Waals surface area contributed by atoms with Crippen LogP contribution in [0.25, 0.3) is 0 Å². The molecule has 0 spiro atoms. The highest BCUT2D eigenvalue weighted by Crippen LogP contribution is 2.66. The van der Waals surface area contributed by atoms with Crippen molar-refractivity contribution in [2.24, 2.45) is 16.7 Å². The monoisotopic (exact) mass is 419 g/mol. The molecule has 0 aliphatic heterocycles. The van der Waals surface area contributed by atoms with Crippen molar-refractivity contribution in [2.75, 3.05) is 6.61 Å². The van der Waals surface area contributed by atoms with Gasteiger partial charge in [0.15, 0.2) is 11.5 Å². The molecular weight excluding hydrogens is 382 g/mol. The molecule has 0 saturated heterocycles. The third-order valence-electron chi connectivity index (χ3n) is 7.87. The number of rotatable bonds is 8. The highest BCUT2D eigenvalue weighted by atomic mass is 16.5. The van der Waals surface area contributed by atoms with Gasteiger partial charge in [0.25, 0.3) is 0 Å². The van der Waals surface area contributed by atoms with Gasteiger partial charge in [-0.2, -0.15) is 0 Å². The summed E-state index contributed by atoms with van der Waals surface area (Å²) in [7, 11) is 0. The molecular formula is C28H37NO2. The summed E-state index contributed by atoms with van der Waals surface area (Å²) in [6.45, 7) is 9.14. The van der Waals surface area contributed by atoms with Gasteiger partial charge in [0.2, 0.25) is 0 Å². The van der Waals surface area contributed by atoms with Crippen LogP contribution in [0.15, 0.2) is 48.5 Å². The minimum absolute atomic E-state index is 0.279. The standard InChI is InChI=1S/C28H37NO2/c1-4-30-24-12-8-11-23(25(24)31-17-21-9-6-5-7-10-21)16-29-28-15-22-13-26(2,19-28)18-27(3,14-22)20-28/h5-12,22,29H,4,13-20H2,1-3H3. The fraction of sp³-hybridized carbons (Fsp3) is 0.571. The molecule has 3 heteroatoms. The molecule has 2 aromatic carbocycles. The first-order valence-electron chi connectivity index (χ1n) is 12.1. The lowest BCUT2D eigenvalue weighted by molar-refractivity contribution is -0.118. The smallest absolute Gasteiger partial charge is 0.166 e. The van der Waals surface area contributed by atoms with Gasteiger partial charge in [0.05, 0.1) is 6.61 Å². The van der Waals surface area contributed by atoms with Crippen LogP contribution in [0.5, 0.6) is 11.5 Å². The summed E-state index contributed by atoms with van der Waals surface area (Å²) < 4.78 is 12.3. The zero-order valence-electron chi connectivity index (χ0n) is 19.4. The van der Waals surface area contributed by atoms with Crippen LogP contribution in [0, 0.1) is 16.7 Å². The predicted molar refractivity (Wildman–Crippen MR) is 125 cm³/mol. The Bertz CT molecular complexity index is 906. The van der Waals surface area contributed by atoms with Gasteiger partial charge < -0.3 is 14.8 Å². The predicted octanol–water partition coefficient (Wildman–Crippen LogP) is 6.50. The lowest BCUT2D eigenvalue weighted by Gasteiger charge is -2.65. The van der Waals surface area contributed by atoms with E-state index in [9.17, 15) is 0 Å². The van der Waals surface area contributed by atoms with E-state index in [-0.39, 0.29) is 5.54 Å². The molecule has 6 rings (SSSR count). The summed E-state index contributed by atoms with van der Waals surface area (Å²) in [5, 5.41) is 4.07.